The van der Waals surface area contributed by atoms with Crippen molar-refractivity contribution in [1.82, 2.24) is 5.32 Å². The van der Waals surface area contributed by atoms with Crippen molar-refractivity contribution in [2.75, 3.05) is 12.3 Å². The lowest BCUT2D eigenvalue weighted by molar-refractivity contribution is -0.117. The van der Waals surface area contributed by atoms with Gasteiger partial charge in [-0.25, -0.2) is 0 Å². The van der Waals surface area contributed by atoms with E-state index in [-0.39, 0.29) is 17.3 Å². The fourth-order valence-electron chi connectivity index (χ4n) is 1.43. The Balaban J connectivity index is 3.11. The maximum absolute atomic E-state index is 11.6. The van der Waals surface area contributed by atoms with E-state index < -0.39 is 0 Å². The summed E-state index contributed by atoms with van der Waals surface area (Å²) < 4.78 is 0. The Bertz CT molecular complexity index is 444. The normalized spacial score (nSPS) is 18.2. The fourth-order valence-corrected chi connectivity index (χ4v) is 2.41. The Morgan fingerprint density at radius 3 is 2.82 bits per heavy atom. The molecule has 5 heteroatoms. The number of hydrogen-bond donors (Lipinski definition) is 1. The number of amides is 1. The lowest BCUT2D eigenvalue weighted by atomic mass is 10.1. The number of ketones is 1. The third-order valence-corrected chi connectivity index (χ3v) is 3.37. The number of hydrogen-bond acceptors (Lipinski definition) is 4. The number of carbonyl (C=O) groups excluding carboxylic acids is 2. The van der Waals surface area contributed by atoms with Crippen LogP contribution in [0.3, 0.4) is 0 Å². The van der Waals surface area contributed by atoms with E-state index in [9.17, 15) is 9.59 Å². The van der Waals surface area contributed by atoms with Crippen molar-refractivity contribution in [2.24, 2.45) is 0 Å². The van der Waals surface area contributed by atoms with Gasteiger partial charge in [0, 0.05) is 11.4 Å². The van der Waals surface area contributed by atoms with Crippen LogP contribution in [0.4, 0.5) is 0 Å². The van der Waals surface area contributed by atoms with Gasteiger partial charge in [-0.15, -0.1) is 11.8 Å². The van der Waals surface area contributed by atoms with Gasteiger partial charge < -0.3 is 5.32 Å². The van der Waals surface area contributed by atoms with Crippen molar-refractivity contribution in [3.05, 3.63) is 22.1 Å². The van der Waals surface area contributed by atoms with Crippen LogP contribution >= 0.6 is 11.8 Å². The molecule has 90 valence electrons. The van der Waals surface area contributed by atoms with Crippen molar-refractivity contribution >= 4 is 23.5 Å². The van der Waals surface area contributed by atoms with Crippen LogP contribution in [-0.4, -0.2) is 24.0 Å². The molecule has 4 nitrogen and oxygen atoms in total. The number of nitrogens with one attached hydrogen (secondary N) is 1. The maximum atomic E-state index is 11.6. The highest BCUT2D eigenvalue weighted by Gasteiger charge is 2.21. The average molecular weight is 250 g/mol. The van der Waals surface area contributed by atoms with Gasteiger partial charge in [0.2, 0.25) is 0 Å². The summed E-state index contributed by atoms with van der Waals surface area (Å²) in [6.07, 6.45) is 2.28. The smallest absolute Gasteiger partial charge is 0.263 e. The standard InChI is InChI=1S/C12H14N2O2S/c1-3-8-5-11(17-7-10(8)15)9(6-13)12(16)14-4-2/h5H,3-4,7H2,1-2H3,(H,14,16)/b11-9-. The number of likely N-dealkylation sites (N-methyl/N-ethyl adjacent to an activating group) is 1. The first-order chi connectivity index (χ1) is 8.13. The molecule has 0 saturated carbocycles. The molecule has 0 saturated heterocycles. The molecule has 0 bridgehead atoms. The number of allylic oxidation sites excluding steroid dienone is 2. The molecule has 1 heterocycles. The van der Waals surface area contributed by atoms with Crippen LogP contribution in [0.2, 0.25) is 0 Å². The zero-order valence-electron chi connectivity index (χ0n) is 9.87. The number of rotatable bonds is 3. The molecule has 0 radical (unpaired) electrons. The van der Waals surface area contributed by atoms with Crippen LogP contribution in [0.5, 0.6) is 0 Å². The first-order valence-electron chi connectivity index (χ1n) is 5.43. The second-order valence-corrected chi connectivity index (χ2v) is 4.46. The van der Waals surface area contributed by atoms with Crippen LogP contribution in [-0.2, 0) is 9.59 Å². The molecule has 0 spiro atoms. The van der Waals surface area contributed by atoms with Crippen LogP contribution in [0, 0.1) is 11.3 Å². The number of nitriles is 1. The molecule has 0 aromatic heterocycles. The zero-order valence-corrected chi connectivity index (χ0v) is 10.7. The van der Waals surface area contributed by atoms with Gasteiger partial charge in [-0.05, 0) is 25.0 Å². The number of nitrogens with zero attached hydrogens (tertiary/aromatic N) is 1. The van der Waals surface area contributed by atoms with Gasteiger partial charge in [-0.3, -0.25) is 9.59 Å². The van der Waals surface area contributed by atoms with Gasteiger partial charge in [-0.2, -0.15) is 5.26 Å². The summed E-state index contributed by atoms with van der Waals surface area (Å²) >= 11 is 1.25. The minimum Gasteiger partial charge on any atom is -0.352 e. The lowest BCUT2D eigenvalue weighted by Gasteiger charge is -2.13. The summed E-state index contributed by atoms with van der Waals surface area (Å²) in [4.78, 5) is 23.7. The van der Waals surface area contributed by atoms with E-state index in [0.717, 1.165) is 0 Å². The summed E-state index contributed by atoms with van der Waals surface area (Å²) in [7, 11) is 0. The summed E-state index contributed by atoms with van der Waals surface area (Å²) in [5.41, 5.74) is 0.770. The van der Waals surface area contributed by atoms with E-state index in [0.29, 0.717) is 29.2 Å². The summed E-state index contributed by atoms with van der Waals surface area (Å²) in [5, 5.41) is 11.6. The first kappa shape index (κ1) is 13.5. The van der Waals surface area contributed by atoms with E-state index in [1.807, 2.05) is 13.0 Å². The second-order valence-electron chi connectivity index (χ2n) is 3.45. The van der Waals surface area contributed by atoms with Gasteiger partial charge >= 0.3 is 0 Å². The van der Waals surface area contributed by atoms with E-state index in [1.54, 1.807) is 13.0 Å². The molecular weight excluding hydrogens is 236 g/mol. The van der Waals surface area contributed by atoms with Crippen molar-refractivity contribution in [2.45, 2.75) is 20.3 Å². The van der Waals surface area contributed by atoms with Crippen molar-refractivity contribution in [3.63, 3.8) is 0 Å². The first-order valence-corrected chi connectivity index (χ1v) is 6.41. The molecular formula is C12H14N2O2S. The number of thioether (sulfide) groups is 1. The zero-order chi connectivity index (χ0) is 12.8. The molecule has 0 atom stereocenters. The summed E-state index contributed by atoms with van der Waals surface area (Å²) in [6.45, 7) is 4.16. The topological polar surface area (TPSA) is 70.0 Å². The van der Waals surface area contributed by atoms with E-state index >= 15 is 0 Å². The molecule has 1 rings (SSSR count). The highest BCUT2D eigenvalue weighted by Crippen LogP contribution is 2.29. The Morgan fingerprint density at radius 1 is 1.59 bits per heavy atom. The Labute approximate surface area is 105 Å². The summed E-state index contributed by atoms with van der Waals surface area (Å²) in [5.74, 6) is 0.00699. The van der Waals surface area contributed by atoms with Crippen molar-refractivity contribution in [3.8, 4) is 6.07 Å². The minimum absolute atomic E-state index is 0.0782. The van der Waals surface area contributed by atoms with Gasteiger partial charge in [-0.1, -0.05) is 6.92 Å². The summed E-state index contributed by atoms with van der Waals surface area (Å²) in [6, 6.07) is 1.91. The Morgan fingerprint density at radius 2 is 2.29 bits per heavy atom. The fraction of sp³-hybridized carbons (Fsp3) is 0.417. The largest absolute Gasteiger partial charge is 0.352 e. The SMILES string of the molecule is CCNC(=O)/C(C#N)=C1/C=C(CC)C(=O)CS1. The average Bonchev–Trinajstić information content (AvgIpc) is 2.32. The molecule has 0 unspecified atom stereocenters. The van der Waals surface area contributed by atoms with Crippen LogP contribution in [0.25, 0.3) is 0 Å². The Hall–Kier alpha value is -1.54. The van der Waals surface area contributed by atoms with Crippen LogP contribution in [0.15, 0.2) is 22.1 Å². The van der Waals surface area contributed by atoms with E-state index in [2.05, 4.69) is 5.32 Å². The monoisotopic (exact) mass is 250 g/mol. The predicted octanol–water partition coefficient (Wildman–Crippen LogP) is 1.55. The number of Topliss-reactive ketones (excluding diaryl/α,β-unsaturated/α-hetero) is 1. The molecule has 1 N–H and O–H groups in total. The van der Waals surface area contributed by atoms with Crippen molar-refractivity contribution in [1.29, 1.82) is 5.26 Å². The maximum Gasteiger partial charge on any atom is 0.263 e. The van der Waals surface area contributed by atoms with Crippen LogP contribution < -0.4 is 5.32 Å². The molecule has 1 amide bonds. The molecule has 0 fully saturated rings. The van der Waals surface area contributed by atoms with Gasteiger partial charge in [0.1, 0.15) is 11.6 Å². The molecule has 0 aromatic rings. The third-order valence-electron chi connectivity index (χ3n) is 2.33. The molecule has 17 heavy (non-hydrogen) atoms. The minimum atomic E-state index is -0.376. The van der Waals surface area contributed by atoms with Crippen LogP contribution in [0.1, 0.15) is 20.3 Å². The molecule has 0 aromatic carbocycles. The van der Waals surface area contributed by atoms with E-state index in [4.69, 9.17) is 5.26 Å². The molecule has 1 aliphatic heterocycles. The molecule has 0 aliphatic carbocycles. The van der Waals surface area contributed by atoms with Gasteiger partial charge in [0.15, 0.2) is 5.78 Å². The van der Waals surface area contributed by atoms with Gasteiger partial charge in [0.25, 0.3) is 5.91 Å². The highest BCUT2D eigenvalue weighted by molar-refractivity contribution is 8.04. The van der Waals surface area contributed by atoms with Gasteiger partial charge in [0.05, 0.1) is 5.75 Å². The van der Waals surface area contributed by atoms with E-state index in [1.165, 1.54) is 11.8 Å². The Kier molecular flexibility index (Phi) is 4.98. The number of carbonyl (C=O) groups is 2. The highest BCUT2D eigenvalue weighted by atomic mass is 32.2. The quantitative estimate of drug-likeness (QED) is 0.609. The lowest BCUT2D eigenvalue weighted by Crippen LogP contribution is -2.25. The van der Waals surface area contributed by atoms with Crippen molar-refractivity contribution < 1.29 is 9.59 Å². The second kappa shape index (κ2) is 6.26. The molecule has 1 aliphatic rings. The predicted molar refractivity (Wildman–Crippen MR) is 67.2 cm³/mol. The third kappa shape index (κ3) is 3.21.